The molecule has 5 rings (SSSR count). The average Bonchev–Trinajstić information content (AvgIpc) is 3.23. The third-order valence-electron chi connectivity index (χ3n) is 4.78. The van der Waals surface area contributed by atoms with Crippen LogP contribution in [-0.2, 0) is 11.3 Å². The maximum atomic E-state index is 12.6. The molecular formula is C22H17N9O. The van der Waals surface area contributed by atoms with Crippen LogP contribution in [0.25, 0.3) is 33.7 Å². The lowest BCUT2D eigenvalue weighted by Gasteiger charge is -2.07. The van der Waals surface area contributed by atoms with Crippen molar-refractivity contribution in [2.75, 3.05) is 5.32 Å². The summed E-state index contributed by atoms with van der Waals surface area (Å²) in [5.41, 5.74) is 5.19. The molecule has 0 saturated heterocycles. The highest BCUT2D eigenvalue weighted by atomic mass is 16.2. The molecule has 0 unspecified atom stereocenters. The van der Waals surface area contributed by atoms with Crippen molar-refractivity contribution in [3.8, 4) is 22.5 Å². The van der Waals surface area contributed by atoms with E-state index in [1.54, 1.807) is 47.9 Å². The standard InChI is InChI=1S/C22H17N9O/c1-14-8-15(4-5-24-14)20-21-22(28-12-27-20)31(13-29-21)11-19(32)30-18-3-2-16(9-26-18)17-10-23-6-7-25-17/h2-10,12-13H,11H2,1H3,(H,26,30,32). The highest BCUT2D eigenvalue weighted by molar-refractivity contribution is 5.92. The molecule has 0 aliphatic carbocycles. The Balaban J connectivity index is 1.34. The van der Waals surface area contributed by atoms with Gasteiger partial charge in [-0.3, -0.25) is 19.7 Å². The van der Waals surface area contributed by atoms with Crippen molar-refractivity contribution >= 4 is 22.9 Å². The molecule has 0 atom stereocenters. The molecule has 10 nitrogen and oxygen atoms in total. The van der Waals surface area contributed by atoms with Gasteiger partial charge in [0.05, 0.1) is 18.2 Å². The molecule has 0 aromatic carbocycles. The van der Waals surface area contributed by atoms with Crippen molar-refractivity contribution in [3.63, 3.8) is 0 Å². The lowest BCUT2D eigenvalue weighted by Crippen LogP contribution is -2.19. The summed E-state index contributed by atoms with van der Waals surface area (Å²) in [4.78, 5) is 42.5. The van der Waals surface area contributed by atoms with Gasteiger partial charge in [0.15, 0.2) is 5.65 Å². The van der Waals surface area contributed by atoms with Crippen molar-refractivity contribution in [2.45, 2.75) is 13.5 Å². The van der Waals surface area contributed by atoms with Gasteiger partial charge in [-0.15, -0.1) is 0 Å². The van der Waals surface area contributed by atoms with E-state index in [0.717, 1.165) is 16.8 Å². The number of carbonyl (C=O) groups excluding carboxylic acids is 1. The van der Waals surface area contributed by atoms with Crippen molar-refractivity contribution < 1.29 is 4.79 Å². The second kappa shape index (κ2) is 8.26. The first-order chi connectivity index (χ1) is 15.7. The molecule has 1 amide bonds. The highest BCUT2D eigenvalue weighted by Crippen LogP contribution is 2.24. The molecule has 0 bridgehead atoms. The zero-order valence-electron chi connectivity index (χ0n) is 17.0. The maximum Gasteiger partial charge on any atom is 0.245 e. The lowest BCUT2D eigenvalue weighted by molar-refractivity contribution is -0.116. The minimum Gasteiger partial charge on any atom is -0.309 e. The molecule has 0 fully saturated rings. The SMILES string of the molecule is Cc1cc(-c2ncnc3c2ncn3CC(=O)Nc2ccc(-c3cnccn3)cn2)ccn1. The molecule has 10 heteroatoms. The first-order valence-corrected chi connectivity index (χ1v) is 9.78. The second-order valence-corrected chi connectivity index (χ2v) is 7.02. The topological polar surface area (TPSA) is 124 Å². The Morgan fingerprint density at radius 2 is 1.88 bits per heavy atom. The number of anilines is 1. The van der Waals surface area contributed by atoms with Gasteiger partial charge in [-0.25, -0.2) is 19.9 Å². The van der Waals surface area contributed by atoms with Crippen molar-refractivity contribution in [2.24, 2.45) is 0 Å². The van der Waals surface area contributed by atoms with E-state index >= 15 is 0 Å². The third kappa shape index (κ3) is 3.88. The zero-order chi connectivity index (χ0) is 21.9. The molecule has 0 aliphatic rings. The number of amides is 1. The summed E-state index contributed by atoms with van der Waals surface area (Å²) in [7, 11) is 0. The van der Waals surface area contributed by atoms with Gasteiger partial charge in [0.1, 0.15) is 29.9 Å². The Bertz CT molecular complexity index is 1400. The zero-order valence-corrected chi connectivity index (χ0v) is 17.0. The average molecular weight is 423 g/mol. The number of aromatic nitrogens is 8. The maximum absolute atomic E-state index is 12.6. The Kier molecular flexibility index (Phi) is 5.00. The number of nitrogens with one attached hydrogen (secondary N) is 1. The van der Waals surface area contributed by atoms with Gasteiger partial charge in [0, 0.05) is 41.6 Å². The molecule has 32 heavy (non-hydrogen) atoms. The second-order valence-electron chi connectivity index (χ2n) is 7.02. The Hall–Kier alpha value is -4.60. The fourth-order valence-corrected chi connectivity index (χ4v) is 3.31. The van der Waals surface area contributed by atoms with Gasteiger partial charge in [0.25, 0.3) is 0 Å². The minimum absolute atomic E-state index is 0.0376. The number of imidazole rings is 1. The molecule has 0 radical (unpaired) electrons. The van der Waals surface area contributed by atoms with Gasteiger partial charge in [-0.05, 0) is 31.2 Å². The van der Waals surface area contributed by atoms with E-state index in [9.17, 15) is 4.79 Å². The molecule has 0 spiro atoms. The van der Waals surface area contributed by atoms with Crippen LogP contribution >= 0.6 is 0 Å². The summed E-state index contributed by atoms with van der Waals surface area (Å²) < 4.78 is 1.68. The van der Waals surface area contributed by atoms with E-state index in [2.05, 4.69) is 40.2 Å². The first kappa shape index (κ1) is 19.4. The van der Waals surface area contributed by atoms with E-state index in [0.29, 0.717) is 28.4 Å². The highest BCUT2D eigenvalue weighted by Gasteiger charge is 2.14. The number of fused-ring (bicyclic) bond motifs is 1. The van der Waals surface area contributed by atoms with E-state index in [4.69, 9.17) is 0 Å². The quantitative estimate of drug-likeness (QED) is 0.457. The van der Waals surface area contributed by atoms with Crippen molar-refractivity contribution in [1.82, 2.24) is 39.5 Å². The summed E-state index contributed by atoms with van der Waals surface area (Å²) in [5.74, 6) is 0.193. The number of hydrogen-bond acceptors (Lipinski definition) is 8. The Morgan fingerprint density at radius 3 is 2.66 bits per heavy atom. The van der Waals surface area contributed by atoms with Crippen LogP contribution in [0.2, 0.25) is 0 Å². The Labute approximate surface area is 182 Å². The fraction of sp³-hybridized carbons (Fsp3) is 0.0909. The number of hydrogen-bond donors (Lipinski definition) is 1. The van der Waals surface area contributed by atoms with Crippen LogP contribution in [0, 0.1) is 6.92 Å². The molecule has 1 N–H and O–H groups in total. The number of pyridine rings is 2. The molecule has 156 valence electrons. The van der Waals surface area contributed by atoms with Gasteiger partial charge >= 0.3 is 0 Å². The van der Waals surface area contributed by atoms with Crippen LogP contribution in [-0.4, -0.2) is 45.4 Å². The molecule has 5 aromatic heterocycles. The molecule has 5 heterocycles. The monoisotopic (exact) mass is 423 g/mol. The Morgan fingerprint density at radius 1 is 0.938 bits per heavy atom. The van der Waals surface area contributed by atoms with Crippen LogP contribution in [0.3, 0.4) is 0 Å². The molecule has 0 aliphatic heterocycles. The van der Waals surface area contributed by atoms with E-state index in [1.165, 1.54) is 6.33 Å². The number of rotatable bonds is 5. The number of carbonyl (C=O) groups is 1. The summed E-state index contributed by atoms with van der Waals surface area (Å²) in [5, 5.41) is 2.79. The summed E-state index contributed by atoms with van der Waals surface area (Å²) in [6, 6.07) is 7.36. The first-order valence-electron chi connectivity index (χ1n) is 9.78. The van der Waals surface area contributed by atoms with Crippen LogP contribution < -0.4 is 5.32 Å². The van der Waals surface area contributed by atoms with Crippen LogP contribution in [0.1, 0.15) is 5.69 Å². The normalized spacial score (nSPS) is 10.9. The molecular weight excluding hydrogens is 406 g/mol. The van der Waals surface area contributed by atoms with Gasteiger partial charge in [-0.1, -0.05) is 0 Å². The van der Waals surface area contributed by atoms with Crippen molar-refractivity contribution in [3.05, 3.63) is 73.6 Å². The van der Waals surface area contributed by atoms with Gasteiger partial charge < -0.3 is 9.88 Å². The minimum atomic E-state index is -0.246. The number of nitrogens with zero attached hydrogens (tertiary/aromatic N) is 8. The lowest BCUT2D eigenvalue weighted by atomic mass is 10.1. The van der Waals surface area contributed by atoms with E-state index in [1.807, 2.05) is 25.1 Å². The molecule has 5 aromatic rings. The predicted molar refractivity (Wildman–Crippen MR) is 117 cm³/mol. The predicted octanol–water partition coefficient (Wildman–Crippen LogP) is 2.69. The van der Waals surface area contributed by atoms with Gasteiger partial charge in [-0.2, -0.15) is 0 Å². The van der Waals surface area contributed by atoms with Gasteiger partial charge in [0.2, 0.25) is 5.91 Å². The smallest absolute Gasteiger partial charge is 0.245 e. The van der Waals surface area contributed by atoms with Crippen LogP contribution in [0.5, 0.6) is 0 Å². The third-order valence-corrected chi connectivity index (χ3v) is 4.78. The van der Waals surface area contributed by atoms with Crippen molar-refractivity contribution in [1.29, 1.82) is 0 Å². The van der Waals surface area contributed by atoms with E-state index in [-0.39, 0.29) is 12.5 Å². The summed E-state index contributed by atoms with van der Waals surface area (Å²) in [6.45, 7) is 1.95. The molecule has 0 saturated carbocycles. The van der Waals surface area contributed by atoms with Crippen LogP contribution in [0.15, 0.2) is 67.9 Å². The van der Waals surface area contributed by atoms with E-state index < -0.39 is 0 Å². The summed E-state index contributed by atoms with van der Waals surface area (Å²) in [6.07, 6.45) is 11.3. The number of aryl methyl sites for hydroxylation is 1. The fourth-order valence-electron chi connectivity index (χ4n) is 3.31. The largest absolute Gasteiger partial charge is 0.309 e. The van der Waals surface area contributed by atoms with Crippen LogP contribution in [0.4, 0.5) is 5.82 Å². The summed E-state index contributed by atoms with van der Waals surface area (Å²) >= 11 is 0.